The molecule has 0 bridgehead atoms. The third-order valence-electron chi connectivity index (χ3n) is 4.46. The smallest absolute Gasteiger partial charge is 0.259 e. The number of nitrogens with zero attached hydrogens (tertiary/aromatic N) is 1. The molecule has 0 spiro atoms. The summed E-state index contributed by atoms with van der Waals surface area (Å²) in [4.78, 5) is 24.5. The van der Waals surface area contributed by atoms with E-state index in [1.54, 1.807) is 6.21 Å². The van der Waals surface area contributed by atoms with Crippen molar-refractivity contribution < 1.29 is 23.8 Å². The van der Waals surface area contributed by atoms with Crippen LogP contribution < -0.4 is 25.0 Å². The van der Waals surface area contributed by atoms with Gasteiger partial charge in [-0.25, -0.2) is 5.43 Å². The molecule has 0 heterocycles. The van der Waals surface area contributed by atoms with Crippen LogP contribution in [0.3, 0.4) is 0 Å². The van der Waals surface area contributed by atoms with Crippen LogP contribution in [-0.4, -0.2) is 45.9 Å². The van der Waals surface area contributed by atoms with Crippen LogP contribution in [0.5, 0.6) is 17.2 Å². The topological polar surface area (TPSA) is 98.2 Å². The number of carbonyl (C=O) groups excluding carboxylic acids is 2. The zero-order valence-electron chi connectivity index (χ0n) is 18.1. The molecule has 160 valence electrons. The van der Waals surface area contributed by atoms with E-state index in [-0.39, 0.29) is 12.1 Å². The van der Waals surface area contributed by atoms with Crippen molar-refractivity contribution in [2.45, 2.75) is 20.8 Å². The lowest BCUT2D eigenvalue weighted by atomic mass is 10.0. The van der Waals surface area contributed by atoms with Crippen molar-refractivity contribution in [3.05, 3.63) is 52.1 Å². The largest absolute Gasteiger partial charge is 0.493 e. The first-order valence-corrected chi connectivity index (χ1v) is 9.28. The van der Waals surface area contributed by atoms with E-state index in [0.717, 1.165) is 16.7 Å². The van der Waals surface area contributed by atoms with Crippen LogP contribution in [0.4, 0.5) is 0 Å². The van der Waals surface area contributed by atoms with E-state index >= 15 is 0 Å². The average molecular weight is 413 g/mol. The Morgan fingerprint density at radius 3 is 2.00 bits per heavy atom. The van der Waals surface area contributed by atoms with Crippen LogP contribution in [0.25, 0.3) is 0 Å². The van der Waals surface area contributed by atoms with Gasteiger partial charge in [0.2, 0.25) is 5.75 Å². The SMILES string of the molecule is COc1cc(C(=O)NCC(=O)N/N=C/c2c(C)cc(C)cc2C)cc(OC)c1OC. The molecule has 2 aromatic rings. The molecule has 0 unspecified atom stereocenters. The van der Waals surface area contributed by atoms with Gasteiger partial charge in [-0.3, -0.25) is 9.59 Å². The highest BCUT2D eigenvalue weighted by Gasteiger charge is 2.17. The summed E-state index contributed by atoms with van der Waals surface area (Å²) in [6.45, 7) is 5.76. The molecule has 8 nitrogen and oxygen atoms in total. The second kappa shape index (κ2) is 10.3. The zero-order valence-corrected chi connectivity index (χ0v) is 18.1. The Morgan fingerprint density at radius 1 is 0.933 bits per heavy atom. The molecular weight excluding hydrogens is 386 g/mol. The first kappa shape index (κ1) is 22.7. The number of ether oxygens (including phenoxy) is 3. The lowest BCUT2D eigenvalue weighted by Gasteiger charge is -2.14. The fourth-order valence-electron chi connectivity index (χ4n) is 3.08. The number of hydrogen-bond donors (Lipinski definition) is 2. The van der Waals surface area contributed by atoms with Crippen LogP contribution in [0, 0.1) is 20.8 Å². The maximum absolute atomic E-state index is 12.4. The Kier molecular flexibility index (Phi) is 7.80. The van der Waals surface area contributed by atoms with E-state index in [9.17, 15) is 9.59 Å². The van der Waals surface area contributed by atoms with Crippen LogP contribution >= 0.6 is 0 Å². The summed E-state index contributed by atoms with van der Waals surface area (Å²) in [6, 6.07) is 7.12. The van der Waals surface area contributed by atoms with E-state index in [0.29, 0.717) is 17.2 Å². The molecule has 0 aliphatic rings. The van der Waals surface area contributed by atoms with Gasteiger partial charge in [-0.05, 0) is 44.0 Å². The molecule has 2 aromatic carbocycles. The van der Waals surface area contributed by atoms with E-state index in [4.69, 9.17) is 14.2 Å². The summed E-state index contributed by atoms with van der Waals surface area (Å²) in [7, 11) is 4.40. The van der Waals surface area contributed by atoms with Gasteiger partial charge in [0.05, 0.1) is 34.1 Å². The minimum atomic E-state index is -0.460. The standard InChI is InChI=1S/C22H27N3O5/c1-13-7-14(2)17(15(3)8-13)11-24-25-20(26)12-23-22(27)16-9-18(28-4)21(30-6)19(10-16)29-5/h7-11H,12H2,1-6H3,(H,23,27)(H,25,26)/b24-11+. The number of methoxy groups -OCH3 is 3. The van der Waals surface area contributed by atoms with Gasteiger partial charge in [0.1, 0.15) is 0 Å². The fourth-order valence-corrected chi connectivity index (χ4v) is 3.08. The Bertz CT molecular complexity index is 921. The highest BCUT2D eigenvalue weighted by atomic mass is 16.5. The van der Waals surface area contributed by atoms with Gasteiger partial charge < -0.3 is 19.5 Å². The first-order chi connectivity index (χ1) is 14.3. The van der Waals surface area contributed by atoms with Gasteiger partial charge >= 0.3 is 0 Å². The van der Waals surface area contributed by atoms with Gasteiger partial charge in [-0.15, -0.1) is 0 Å². The van der Waals surface area contributed by atoms with Crippen molar-refractivity contribution in [3.8, 4) is 17.2 Å². The molecular formula is C22H27N3O5. The Hall–Kier alpha value is -3.55. The molecule has 8 heteroatoms. The molecule has 0 aliphatic heterocycles. The average Bonchev–Trinajstić information content (AvgIpc) is 2.72. The third-order valence-corrected chi connectivity index (χ3v) is 4.46. The fraction of sp³-hybridized carbons (Fsp3) is 0.318. The summed E-state index contributed by atoms with van der Waals surface area (Å²) < 4.78 is 15.7. The number of nitrogens with one attached hydrogen (secondary N) is 2. The maximum Gasteiger partial charge on any atom is 0.259 e. The molecule has 30 heavy (non-hydrogen) atoms. The van der Waals surface area contributed by atoms with Crippen LogP contribution in [0.1, 0.15) is 32.6 Å². The van der Waals surface area contributed by atoms with E-state index in [1.807, 2.05) is 32.9 Å². The zero-order chi connectivity index (χ0) is 22.3. The molecule has 0 aliphatic carbocycles. The van der Waals surface area contributed by atoms with Crippen molar-refractivity contribution >= 4 is 18.0 Å². The van der Waals surface area contributed by atoms with Crippen molar-refractivity contribution in [1.29, 1.82) is 0 Å². The third kappa shape index (κ3) is 5.50. The van der Waals surface area contributed by atoms with Gasteiger partial charge in [-0.2, -0.15) is 5.10 Å². The summed E-state index contributed by atoms with van der Waals surface area (Å²) in [6.07, 6.45) is 1.60. The molecule has 0 saturated heterocycles. The van der Waals surface area contributed by atoms with Crippen LogP contribution in [0.2, 0.25) is 0 Å². The van der Waals surface area contributed by atoms with Crippen LogP contribution in [0.15, 0.2) is 29.4 Å². The highest BCUT2D eigenvalue weighted by molar-refractivity contribution is 5.97. The van der Waals surface area contributed by atoms with Gasteiger partial charge in [0.15, 0.2) is 11.5 Å². The second-order valence-corrected chi connectivity index (χ2v) is 6.70. The summed E-state index contributed by atoms with van der Waals surface area (Å²) in [5, 5.41) is 6.53. The van der Waals surface area contributed by atoms with Crippen molar-refractivity contribution in [2.24, 2.45) is 5.10 Å². The predicted octanol–water partition coefficient (Wildman–Crippen LogP) is 2.52. The molecule has 0 atom stereocenters. The number of benzene rings is 2. The van der Waals surface area contributed by atoms with E-state index < -0.39 is 11.8 Å². The Balaban J connectivity index is 1.99. The first-order valence-electron chi connectivity index (χ1n) is 9.28. The summed E-state index contributed by atoms with van der Waals surface area (Å²) in [5.74, 6) is 0.165. The number of amides is 2. The molecule has 2 rings (SSSR count). The number of carbonyl (C=O) groups is 2. The number of aryl methyl sites for hydroxylation is 3. The van der Waals surface area contributed by atoms with Crippen molar-refractivity contribution in [3.63, 3.8) is 0 Å². The van der Waals surface area contributed by atoms with Crippen molar-refractivity contribution in [1.82, 2.24) is 10.7 Å². The number of hydrazone groups is 1. The van der Waals surface area contributed by atoms with E-state index in [1.165, 1.54) is 39.0 Å². The van der Waals surface area contributed by atoms with Crippen LogP contribution in [-0.2, 0) is 4.79 Å². The maximum atomic E-state index is 12.4. The molecule has 0 saturated carbocycles. The normalized spacial score (nSPS) is 10.6. The van der Waals surface area contributed by atoms with Crippen molar-refractivity contribution in [2.75, 3.05) is 27.9 Å². The van der Waals surface area contributed by atoms with E-state index in [2.05, 4.69) is 15.8 Å². The number of rotatable bonds is 8. The summed E-state index contributed by atoms with van der Waals surface area (Å²) >= 11 is 0. The second-order valence-electron chi connectivity index (χ2n) is 6.70. The minimum absolute atomic E-state index is 0.237. The molecule has 0 radical (unpaired) electrons. The van der Waals surface area contributed by atoms with Gasteiger partial charge in [0, 0.05) is 11.1 Å². The number of hydrogen-bond acceptors (Lipinski definition) is 6. The quantitative estimate of drug-likeness (QED) is 0.512. The predicted molar refractivity (Wildman–Crippen MR) is 115 cm³/mol. The Morgan fingerprint density at radius 2 is 1.50 bits per heavy atom. The molecule has 2 N–H and O–H groups in total. The minimum Gasteiger partial charge on any atom is -0.493 e. The van der Waals surface area contributed by atoms with Gasteiger partial charge in [-0.1, -0.05) is 17.7 Å². The summed E-state index contributed by atoms with van der Waals surface area (Å²) in [5.41, 5.74) is 6.94. The Labute approximate surface area is 176 Å². The molecule has 0 fully saturated rings. The molecule has 2 amide bonds. The lowest BCUT2D eigenvalue weighted by Crippen LogP contribution is -2.35. The lowest BCUT2D eigenvalue weighted by molar-refractivity contribution is -0.120. The highest BCUT2D eigenvalue weighted by Crippen LogP contribution is 2.38. The van der Waals surface area contributed by atoms with Gasteiger partial charge in [0.25, 0.3) is 11.8 Å². The molecule has 0 aromatic heterocycles. The monoisotopic (exact) mass is 413 g/mol.